The number of nitrogens with zero attached hydrogens (tertiary/aromatic N) is 2. The van der Waals surface area contributed by atoms with E-state index >= 15 is 0 Å². The van der Waals surface area contributed by atoms with Crippen LogP contribution in [-0.4, -0.2) is 9.85 Å². The highest BCUT2D eigenvalue weighted by Crippen LogP contribution is 2.45. The molecule has 3 aromatic carbocycles. The van der Waals surface area contributed by atoms with Gasteiger partial charge in [0.25, 0.3) is 11.4 Å². The van der Waals surface area contributed by atoms with Crippen LogP contribution in [0.15, 0.2) is 66.7 Å². The van der Waals surface area contributed by atoms with Crippen molar-refractivity contribution < 1.29 is 9.85 Å². The molecule has 0 fully saturated rings. The molecule has 0 heterocycles. The topological polar surface area (TPSA) is 138 Å². The molecule has 8 nitrogen and oxygen atoms in total. The zero-order chi connectivity index (χ0) is 25.9. The smallest absolute Gasteiger partial charge is 0.274 e. The standard InChI is InChI=1S/C13H12.2C7H8N2O2/c1-8-6-10-7-9(2)12-5-3-4-11(8)13(10)12;2*1-5-6(8)3-2-4-7(5)9(10)11/h3-7,10H,1-2H3;2*2-4H,8H2,1H3. The predicted octanol–water partition coefficient (Wildman–Crippen LogP) is 6.57. The highest BCUT2D eigenvalue weighted by molar-refractivity contribution is 5.86. The van der Waals surface area contributed by atoms with E-state index in [9.17, 15) is 20.2 Å². The summed E-state index contributed by atoms with van der Waals surface area (Å²) in [6.07, 6.45) is 4.73. The molecule has 8 heteroatoms. The maximum Gasteiger partial charge on any atom is 0.274 e. The van der Waals surface area contributed by atoms with Gasteiger partial charge in [-0.05, 0) is 67.7 Å². The third kappa shape index (κ3) is 5.22. The largest absolute Gasteiger partial charge is 0.398 e. The van der Waals surface area contributed by atoms with Crippen molar-refractivity contribution in [2.45, 2.75) is 33.6 Å². The van der Waals surface area contributed by atoms with Crippen LogP contribution in [0.1, 0.15) is 47.6 Å². The van der Waals surface area contributed by atoms with Crippen molar-refractivity contribution in [3.63, 3.8) is 0 Å². The van der Waals surface area contributed by atoms with Gasteiger partial charge in [0.15, 0.2) is 0 Å². The maximum absolute atomic E-state index is 10.3. The molecule has 0 bridgehead atoms. The van der Waals surface area contributed by atoms with Crippen molar-refractivity contribution in [2.24, 2.45) is 0 Å². The Morgan fingerprint density at radius 2 is 1.03 bits per heavy atom. The Morgan fingerprint density at radius 1 is 0.657 bits per heavy atom. The van der Waals surface area contributed by atoms with Gasteiger partial charge in [0, 0.05) is 40.6 Å². The van der Waals surface area contributed by atoms with Crippen LogP contribution in [0.25, 0.3) is 11.1 Å². The van der Waals surface area contributed by atoms with E-state index in [2.05, 4.69) is 44.2 Å². The summed E-state index contributed by atoms with van der Waals surface area (Å²) in [7, 11) is 0. The average molecular weight is 473 g/mol. The normalized spacial score (nSPS) is 12.9. The quantitative estimate of drug-likeness (QED) is 0.245. The minimum atomic E-state index is -0.439. The van der Waals surface area contributed by atoms with Crippen LogP contribution in [0, 0.1) is 34.1 Å². The molecule has 0 saturated heterocycles. The van der Waals surface area contributed by atoms with E-state index in [1.54, 1.807) is 38.1 Å². The molecule has 0 saturated carbocycles. The average Bonchev–Trinajstić information content (AvgIpc) is 3.30. The molecular weight excluding hydrogens is 444 g/mol. The maximum atomic E-state index is 10.3. The van der Waals surface area contributed by atoms with E-state index < -0.39 is 9.85 Å². The summed E-state index contributed by atoms with van der Waals surface area (Å²) in [5, 5.41) is 20.6. The van der Waals surface area contributed by atoms with E-state index in [-0.39, 0.29) is 11.4 Å². The Labute approximate surface area is 203 Å². The minimum Gasteiger partial charge on any atom is -0.398 e. The SMILES string of the molecule is CC1=CC2C=C(C)c3cccc1c32.Cc1c(N)cccc1[N+](=O)[O-].Cc1c(N)cccc1[N+](=O)[O-]. The number of anilines is 2. The summed E-state index contributed by atoms with van der Waals surface area (Å²) in [6, 6.07) is 15.9. The number of nitro benzene ring substituents is 2. The molecule has 0 amide bonds. The van der Waals surface area contributed by atoms with Crippen LogP contribution in [0.2, 0.25) is 0 Å². The molecule has 0 radical (unpaired) electrons. The van der Waals surface area contributed by atoms with Crippen LogP contribution in [0.4, 0.5) is 22.7 Å². The van der Waals surface area contributed by atoms with E-state index in [1.807, 2.05) is 0 Å². The lowest BCUT2D eigenvalue weighted by molar-refractivity contribution is -0.385. The fourth-order valence-corrected chi connectivity index (χ4v) is 4.22. The molecule has 5 rings (SSSR count). The van der Waals surface area contributed by atoms with Crippen molar-refractivity contribution >= 4 is 33.9 Å². The van der Waals surface area contributed by atoms with Crippen LogP contribution < -0.4 is 11.5 Å². The summed E-state index contributed by atoms with van der Waals surface area (Å²) in [5.41, 5.74) is 20.3. The van der Waals surface area contributed by atoms with Gasteiger partial charge in [-0.1, -0.05) is 42.5 Å². The third-order valence-corrected chi connectivity index (χ3v) is 6.24. The van der Waals surface area contributed by atoms with Crippen LogP contribution >= 0.6 is 0 Å². The van der Waals surface area contributed by atoms with Gasteiger partial charge in [-0.15, -0.1) is 0 Å². The second kappa shape index (κ2) is 10.2. The number of benzene rings is 3. The van der Waals surface area contributed by atoms with Gasteiger partial charge in [-0.25, -0.2) is 0 Å². The monoisotopic (exact) mass is 472 g/mol. The van der Waals surface area contributed by atoms with Crippen molar-refractivity contribution in [2.75, 3.05) is 11.5 Å². The molecule has 0 unspecified atom stereocenters. The summed E-state index contributed by atoms with van der Waals surface area (Å²) in [5.74, 6) is 0.575. The molecule has 180 valence electrons. The van der Waals surface area contributed by atoms with Gasteiger partial charge >= 0.3 is 0 Å². The van der Waals surface area contributed by atoms with Crippen molar-refractivity contribution in [1.29, 1.82) is 0 Å². The van der Waals surface area contributed by atoms with Gasteiger partial charge in [0.2, 0.25) is 0 Å². The van der Waals surface area contributed by atoms with Crippen molar-refractivity contribution in [3.8, 4) is 0 Å². The molecule has 0 aliphatic heterocycles. The molecule has 4 N–H and O–H groups in total. The van der Waals surface area contributed by atoms with E-state index in [4.69, 9.17) is 11.5 Å². The molecular formula is C27H28N4O4. The molecule has 0 spiro atoms. The first kappa shape index (κ1) is 25.2. The lowest BCUT2D eigenvalue weighted by Gasteiger charge is -2.05. The molecule has 35 heavy (non-hydrogen) atoms. The molecule has 2 aliphatic carbocycles. The Kier molecular flexibility index (Phi) is 7.34. The number of hydrogen-bond donors (Lipinski definition) is 2. The first-order valence-electron chi connectivity index (χ1n) is 11.0. The van der Waals surface area contributed by atoms with E-state index in [0.29, 0.717) is 28.4 Å². The number of nitro groups is 2. The number of allylic oxidation sites excluding steroid dienone is 4. The first-order valence-corrected chi connectivity index (χ1v) is 11.0. The fourth-order valence-electron chi connectivity index (χ4n) is 4.22. The zero-order valence-electron chi connectivity index (χ0n) is 20.1. The first-order chi connectivity index (χ1) is 16.5. The molecule has 0 aromatic heterocycles. The summed E-state index contributed by atoms with van der Waals surface area (Å²) in [4.78, 5) is 19.8. The number of rotatable bonds is 2. The Hall–Kier alpha value is -4.46. The van der Waals surface area contributed by atoms with Crippen LogP contribution in [0.3, 0.4) is 0 Å². The number of nitrogens with two attached hydrogens (primary N) is 2. The predicted molar refractivity (Wildman–Crippen MR) is 141 cm³/mol. The number of nitrogen functional groups attached to an aromatic ring is 2. The minimum absolute atomic E-state index is 0.0741. The van der Waals surface area contributed by atoms with Gasteiger partial charge in [-0.2, -0.15) is 0 Å². The van der Waals surface area contributed by atoms with E-state index in [1.165, 1.54) is 40.0 Å². The van der Waals surface area contributed by atoms with Crippen LogP contribution in [-0.2, 0) is 0 Å². The van der Waals surface area contributed by atoms with Gasteiger partial charge in [-0.3, -0.25) is 20.2 Å². The Balaban J connectivity index is 0.000000148. The van der Waals surface area contributed by atoms with Gasteiger partial charge < -0.3 is 11.5 Å². The zero-order valence-corrected chi connectivity index (χ0v) is 20.1. The molecule has 3 aromatic rings. The number of hydrogen-bond acceptors (Lipinski definition) is 6. The van der Waals surface area contributed by atoms with E-state index in [0.717, 1.165) is 0 Å². The second-order valence-corrected chi connectivity index (χ2v) is 8.49. The van der Waals surface area contributed by atoms with Crippen LogP contribution in [0.5, 0.6) is 0 Å². The van der Waals surface area contributed by atoms with Gasteiger partial charge in [0.05, 0.1) is 9.85 Å². The van der Waals surface area contributed by atoms with Crippen molar-refractivity contribution in [1.82, 2.24) is 0 Å². The highest BCUT2D eigenvalue weighted by Gasteiger charge is 2.27. The summed E-state index contributed by atoms with van der Waals surface area (Å²) >= 11 is 0. The second-order valence-electron chi connectivity index (χ2n) is 8.49. The highest BCUT2D eigenvalue weighted by atomic mass is 16.6. The van der Waals surface area contributed by atoms with Gasteiger partial charge in [0.1, 0.15) is 0 Å². The Bertz CT molecular complexity index is 1280. The lowest BCUT2D eigenvalue weighted by atomic mass is 9.99. The third-order valence-electron chi connectivity index (χ3n) is 6.24. The lowest BCUT2D eigenvalue weighted by Crippen LogP contribution is -1.95. The fraction of sp³-hybridized carbons (Fsp3) is 0.185. The molecule has 0 atom stereocenters. The van der Waals surface area contributed by atoms with Crippen molar-refractivity contribution in [3.05, 3.63) is 115 Å². The summed E-state index contributed by atoms with van der Waals surface area (Å²) < 4.78 is 0. The molecule has 2 aliphatic rings. The Morgan fingerprint density at radius 3 is 1.37 bits per heavy atom. The summed E-state index contributed by atoms with van der Waals surface area (Å²) in [6.45, 7) is 7.68.